The Balaban J connectivity index is 1.65. The molecule has 1 aliphatic heterocycles. The Kier molecular flexibility index (Phi) is 5.24. The van der Waals surface area contributed by atoms with Crippen LogP contribution in [0.25, 0.3) is 11.1 Å². The SMILES string of the molecule is CC[C@]12C(=O)[C@](CC)(C(c3ccccc3)=C1c1ccccc1)[C@H]1C(=O)N(c3cccc([N+](=O)[O-])c3)C(=O)[C@H]12. The first-order chi connectivity index (χ1) is 18.3. The highest BCUT2D eigenvalue weighted by Gasteiger charge is 2.80. The zero-order valence-electron chi connectivity index (χ0n) is 21.1. The molecule has 0 N–H and O–H groups in total. The number of nitrogens with zero attached hydrogens (tertiary/aromatic N) is 2. The number of nitro groups is 1. The number of non-ortho nitro benzene ring substituents is 1. The summed E-state index contributed by atoms with van der Waals surface area (Å²) in [6.07, 6.45) is 0.716. The molecule has 3 aromatic rings. The third-order valence-corrected chi connectivity index (χ3v) is 8.86. The van der Waals surface area contributed by atoms with Crippen molar-refractivity contribution < 1.29 is 19.3 Å². The molecule has 4 atom stereocenters. The van der Waals surface area contributed by atoms with Crippen molar-refractivity contribution in [1.29, 1.82) is 0 Å². The lowest BCUT2D eigenvalue weighted by Crippen LogP contribution is -2.41. The number of allylic oxidation sites excluding steroid dienone is 2. The van der Waals surface area contributed by atoms with Gasteiger partial charge in [-0.2, -0.15) is 0 Å². The molecule has 3 aromatic carbocycles. The van der Waals surface area contributed by atoms with Gasteiger partial charge in [0.1, 0.15) is 0 Å². The molecule has 7 heteroatoms. The lowest BCUT2D eigenvalue weighted by molar-refractivity contribution is -0.384. The lowest BCUT2D eigenvalue weighted by Gasteiger charge is -2.38. The smallest absolute Gasteiger partial charge is 0.271 e. The number of nitro benzene ring substituents is 1. The molecule has 0 unspecified atom stereocenters. The monoisotopic (exact) mass is 506 g/mol. The van der Waals surface area contributed by atoms with Gasteiger partial charge in [-0.05, 0) is 41.2 Å². The molecule has 2 fully saturated rings. The standard InChI is InChI=1S/C31H26N2O5/c1-3-30-23(19-12-7-5-8-13-19)24(20-14-9-6-10-15-20)31(4-2,29(30)36)26-25(30)27(34)32(28(26)35)21-16-11-17-22(18-21)33(37)38/h5-18,25-26H,3-4H2,1-2H3/t25-,26+,30-,31+. The normalized spacial score (nSPS) is 27.8. The fourth-order valence-electron chi connectivity index (χ4n) is 7.46. The first-order valence-corrected chi connectivity index (χ1v) is 12.9. The Morgan fingerprint density at radius 1 is 0.737 bits per heavy atom. The molecule has 1 saturated heterocycles. The van der Waals surface area contributed by atoms with Crippen molar-refractivity contribution in [3.05, 3.63) is 106 Å². The number of hydrogen-bond donors (Lipinski definition) is 0. The van der Waals surface area contributed by atoms with Crippen LogP contribution in [-0.4, -0.2) is 22.5 Å². The lowest BCUT2D eigenvalue weighted by atomic mass is 9.60. The summed E-state index contributed by atoms with van der Waals surface area (Å²) in [4.78, 5) is 55.1. The van der Waals surface area contributed by atoms with Crippen LogP contribution in [0.5, 0.6) is 0 Å². The van der Waals surface area contributed by atoms with Gasteiger partial charge in [-0.15, -0.1) is 0 Å². The molecule has 2 aliphatic carbocycles. The van der Waals surface area contributed by atoms with E-state index >= 15 is 0 Å². The second kappa shape index (κ2) is 8.31. The van der Waals surface area contributed by atoms with Crippen LogP contribution in [0.4, 0.5) is 11.4 Å². The maximum atomic E-state index is 14.7. The minimum Gasteiger partial charge on any atom is -0.298 e. The highest BCUT2D eigenvalue weighted by Crippen LogP contribution is 2.75. The number of amides is 2. The molecule has 7 nitrogen and oxygen atoms in total. The van der Waals surface area contributed by atoms with Crippen LogP contribution in [0.15, 0.2) is 84.9 Å². The Labute approximate surface area is 219 Å². The summed E-state index contributed by atoms with van der Waals surface area (Å²) < 4.78 is 0. The molecule has 38 heavy (non-hydrogen) atoms. The van der Waals surface area contributed by atoms with Crippen molar-refractivity contribution in [2.45, 2.75) is 26.7 Å². The van der Waals surface area contributed by atoms with Gasteiger partial charge in [-0.1, -0.05) is 80.6 Å². The predicted octanol–water partition coefficient (Wildman–Crippen LogP) is 5.70. The summed E-state index contributed by atoms with van der Waals surface area (Å²) in [6.45, 7) is 3.82. The van der Waals surface area contributed by atoms with Crippen molar-refractivity contribution >= 4 is 40.1 Å². The zero-order chi connectivity index (χ0) is 26.8. The summed E-state index contributed by atoms with van der Waals surface area (Å²) in [5, 5.41) is 11.4. The van der Waals surface area contributed by atoms with Gasteiger partial charge in [0.05, 0.1) is 33.3 Å². The quantitative estimate of drug-likeness (QED) is 0.243. The van der Waals surface area contributed by atoms with Crippen molar-refractivity contribution in [3.63, 3.8) is 0 Å². The highest BCUT2D eigenvalue weighted by molar-refractivity contribution is 6.34. The van der Waals surface area contributed by atoms with Crippen LogP contribution in [0, 0.1) is 32.8 Å². The van der Waals surface area contributed by atoms with E-state index < -0.39 is 39.4 Å². The number of carbonyl (C=O) groups is 3. The Morgan fingerprint density at radius 3 is 1.63 bits per heavy atom. The average molecular weight is 507 g/mol. The van der Waals surface area contributed by atoms with Gasteiger partial charge in [0.25, 0.3) is 5.69 Å². The van der Waals surface area contributed by atoms with E-state index in [-0.39, 0.29) is 17.2 Å². The van der Waals surface area contributed by atoms with Gasteiger partial charge in [0, 0.05) is 12.1 Å². The van der Waals surface area contributed by atoms with E-state index in [2.05, 4.69) is 0 Å². The first-order valence-electron chi connectivity index (χ1n) is 12.9. The maximum absolute atomic E-state index is 14.7. The third-order valence-electron chi connectivity index (χ3n) is 8.86. The summed E-state index contributed by atoms with van der Waals surface area (Å²) >= 11 is 0. The van der Waals surface area contributed by atoms with E-state index in [1.807, 2.05) is 74.5 Å². The fraction of sp³-hybridized carbons (Fsp3) is 0.258. The van der Waals surface area contributed by atoms with Gasteiger partial charge in [0.15, 0.2) is 5.78 Å². The number of benzene rings is 3. The number of Topliss-reactive ketones (excluding diaryl/α,β-unsaturated/α-hetero) is 1. The number of rotatable bonds is 6. The summed E-state index contributed by atoms with van der Waals surface area (Å²) in [6, 6.07) is 24.9. The molecular weight excluding hydrogens is 480 g/mol. The molecule has 2 amide bonds. The van der Waals surface area contributed by atoms with E-state index in [4.69, 9.17) is 0 Å². The number of hydrogen-bond acceptors (Lipinski definition) is 5. The van der Waals surface area contributed by atoms with Gasteiger partial charge in [-0.25, -0.2) is 4.90 Å². The molecule has 1 saturated carbocycles. The van der Waals surface area contributed by atoms with Gasteiger partial charge in [0.2, 0.25) is 11.8 Å². The van der Waals surface area contributed by atoms with E-state index in [1.54, 1.807) is 0 Å². The van der Waals surface area contributed by atoms with Crippen molar-refractivity contribution in [3.8, 4) is 0 Å². The molecule has 190 valence electrons. The Bertz CT molecular complexity index is 1460. The minimum atomic E-state index is -1.19. The number of ketones is 1. The van der Waals surface area contributed by atoms with Gasteiger partial charge < -0.3 is 0 Å². The largest absolute Gasteiger partial charge is 0.298 e. The highest BCUT2D eigenvalue weighted by atomic mass is 16.6. The van der Waals surface area contributed by atoms with Gasteiger partial charge >= 0.3 is 0 Å². The maximum Gasteiger partial charge on any atom is 0.271 e. The van der Waals surface area contributed by atoms with Gasteiger partial charge in [-0.3, -0.25) is 24.5 Å². The first kappa shape index (κ1) is 24.0. The van der Waals surface area contributed by atoms with Crippen LogP contribution in [0.2, 0.25) is 0 Å². The zero-order valence-corrected chi connectivity index (χ0v) is 21.1. The molecule has 1 heterocycles. The molecule has 0 spiro atoms. The van der Waals surface area contributed by atoms with E-state index in [0.717, 1.165) is 27.2 Å². The molecule has 6 rings (SSSR count). The van der Waals surface area contributed by atoms with Crippen molar-refractivity contribution in [2.24, 2.45) is 22.7 Å². The molecule has 0 radical (unpaired) electrons. The van der Waals surface area contributed by atoms with Crippen LogP contribution in [0.3, 0.4) is 0 Å². The molecule has 2 bridgehead atoms. The molecule has 0 aromatic heterocycles. The number of fused-ring (bicyclic) bond motifs is 5. The van der Waals surface area contributed by atoms with Crippen LogP contribution < -0.4 is 4.90 Å². The third kappa shape index (κ3) is 2.76. The fourth-order valence-corrected chi connectivity index (χ4v) is 7.46. The van der Waals surface area contributed by atoms with E-state index in [9.17, 15) is 24.5 Å². The van der Waals surface area contributed by atoms with E-state index in [1.165, 1.54) is 24.3 Å². The van der Waals surface area contributed by atoms with Crippen LogP contribution in [0.1, 0.15) is 37.8 Å². The van der Waals surface area contributed by atoms with E-state index in [0.29, 0.717) is 12.8 Å². The summed E-state index contributed by atoms with van der Waals surface area (Å²) in [7, 11) is 0. The number of carbonyl (C=O) groups excluding carboxylic acids is 3. The average Bonchev–Trinajstić information content (AvgIpc) is 3.45. The Hall–Kier alpha value is -4.39. The van der Waals surface area contributed by atoms with Crippen molar-refractivity contribution in [2.75, 3.05) is 4.90 Å². The number of imide groups is 1. The minimum absolute atomic E-state index is 0.0666. The Morgan fingerprint density at radius 2 is 1.21 bits per heavy atom. The van der Waals surface area contributed by atoms with Crippen molar-refractivity contribution in [1.82, 2.24) is 0 Å². The topological polar surface area (TPSA) is 97.6 Å². The predicted molar refractivity (Wildman–Crippen MR) is 143 cm³/mol. The molecule has 3 aliphatic rings. The number of anilines is 1. The van der Waals surface area contributed by atoms with Crippen LogP contribution >= 0.6 is 0 Å². The molecular formula is C31H26N2O5. The second-order valence-corrected chi connectivity index (χ2v) is 10.2. The second-order valence-electron chi connectivity index (χ2n) is 10.2. The summed E-state index contributed by atoms with van der Waals surface area (Å²) in [5.74, 6) is -2.76. The van der Waals surface area contributed by atoms with Crippen LogP contribution in [-0.2, 0) is 14.4 Å². The summed E-state index contributed by atoms with van der Waals surface area (Å²) in [5.41, 5.74) is 0.959.